The Balaban J connectivity index is 1.82. The van der Waals surface area contributed by atoms with Gasteiger partial charge < -0.3 is 4.74 Å². The lowest BCUT2D eigenvalue weighted by molar-refractivity contribution is 0.414. The van der Waals surface area contributed by atoms with E-state index in [1.807, 2.05) is 54.6 Å². The van der Waals surface area contributed by atoms with Crippen LogP contribution >= 0.6 is 27.3 Å². The lowest BCUT2D eigenvalue weighted by Crippen LogP contribution is -2.23. The standard InChI is InChI=1S/C18H12BrN3O2S/c1-24-14-5-3-2-4-12(14)10-15-17(23)22-18(25-15)20-16(21-22)11-6-8-13(19)9-7-11/h2-10H,1H3/b15-10+. The third-order valence-electron chi connectivity index (χ3n) is 3.71. The van der Waals surface area contributed by atoms with Crippen LogP contribution in [0.4, 0.5) is 0 Å². The van der Waals surface area contributed by atoms with Gasteiger partial charge in [-0.1, -0.05) is 57.6 Å². The number of nitrogens with zero attached hydrogens (tertiary/aromatic N) is 3. The molecule has 7 heteroatoms. The Hall–Kier alpha value is -2.51. The van der Waals surface area contributed by atoms with Crippen molar-refractivity contribution in [2.45, 2.75) is 0 Å². The van der Waals surface area contributed by atoms with Gasteiger partial charge in [-0.15, -0.1) is 5.10 Å². The third kappa shape index (κ3) is 2.96. The number of hydrogen-bond acceptors (Lipinski definition) is 5. The Morgan fingerprint density at radius 2 is 1.92 bits per heavy atom. The summed E-state index contributed by atoms with van der Waals surface area (Å²) in [5.74, 6) is 1.26. The van der Waals surface area contributed by atoms with Crippen molar-refractivity contribution in [3.63, 3.8) is 0 Å². The molecule has 0 unspecified atom stereocenters. The van der Waals surface area contributed by atoms with Crippen LogP contribution in [0.15, 0.2) is 57.8 Å². The number of ether oxygens (including phenoxy) is 1. The number of methoxy groups -OCH3 is 1. The van der Waals surface area contributed by atoms with Crippen LogP contribution in [0.2, 0.25) is 0 Å². The Morgan fingerprint density at radius 3 is 2.64 bits per heavy atom. The summed E-state index contributed by atoms with van der Waals surface area (Å²) >= 11 is 4.71. The van der Waals surface area contributed by atoms with Crippen LogP contribution in [-0.4, -0.2) is 21.7 Å². The Bertz CT molecular complexity index is 1170. The van der Waals surface area contributed by atoms with E-state index in [9.17, 15) is 4.79 Å². The van der Waals surface area contributed by atoms with E-state index in [-0.39, 0.29) is 5.56 Å². The molecule has 4 aromatic rings. The molecule has 0 amide bonds. The zero-order valence-corrected chi connectivity index (χ0v) is 15.5. The summed E-state index contributed by atoms with van der Waals surface area (Å²) in [4.78, 5) is 17.7. The van der Waals surface area contributed by atoms with Crippen molar-refractivity contribution in [2.24, 2.45) is 0 Å². The lowest BCUT2D eigenvalue weighted by atomic mass is 10.2. The first-order chi connectivity index (χ1) is 12.2. The molecule has 124 valence electrons. The molecule has 0 atom stereocenters. The van der Waals surface area contributed by atoms with Gasteiger partial charge in [0.25, 0.3) is 5.56 Å². The highest BCUT2D eigenvalue weighted by Gasteiger charge is 2.12. The maximum atomic E-state index is 12.6. The van der Waals surface area contributed by atoms with Crippen LogP contribution in [0, 0.1) is 0 Å². The highest BCUT2D eigenvalue weighted by Crippen LogP contribution is 2.20. The lowest BCUT2D eigenvalue weighted by Gasteiger charge is -2.02. The smallest absolute Gasteiger partial charge is 0.291 e. The van der Waals surface area contributed by atoms with Gasteiger partial charge >= 0.3 is 0 Å². The molecule has 0 radical (unpaired) electrons. The van der Waals surface area contributed by atoms with Crippen molar-refractivity contribution >= 4 is 38.3 Å². The molecule has 4 rings (SSSR count). The van der Waals surface area contributed by atoms with Gasteiger partial charge in [0.05, 0.1) is 11.6 Å². The second-order valence-electron chi connectivity index (χ2n) is 5.29. The Morgan fingerprint density at radius 1 is 1.16 bits per heavy atom. The summed E-state index contributed by atoms with van der Waals surface area (Å²) in [6, 6.07) is 15.2. The predicted octanol–water partition coefficient (Wildman–Crippen LogP) is 3.14. The number of rotatable bonds is 3. The summed E-state index contributed by atoms with van der Waals surface area (Å²) in [6.45, 7) is 0. The van der Waals surface area contributed by atoms with Crippen molar-refractivity contribution in [1.82, 2.24) is 14.6 Å². The molecule has 0 saturated heterocycles. The summed E-state index contributed by atoms with van der Waals surface area (Å²) in [6.07, 6.45) is 1.81. The SMILES string of the molecule is COc1ccccc1/C=c1/sc2nc(-c3ccc(Br)cc3)nn2c1=O. The van der Waals surface area contributed by atoms with Crippen LogP contribution < -0.4 is 14.8 Å². The van der Waals surface area contributed by atoms with Crippen LogP contribution in [0.3, 0.4) is 0 Å². The minimum atomic E-state index is -0.179. The zero-order chi connectivity index (χ0) is 17.4. The summed E-state index contributed by atoms with van der Waals surface area (Å²) < 4.78 is 8.23. The van der Waals surface area contributed by atoms with E-state index in [0.29, 0.717) is 15.3 Å². The van der Waals surface area contributed by atoms with E-state index in [0.717, 1.165) is 21.3 Å². The second-order valence-corrected chi connectivity index (χ2v) is 7.22. The monoisotopic (exact) mass is 413 g/mol. The highest BCUT2D eigenvalue weighted by molar-refractivity contribution is 9.10. The van der Waals surface area contributed by atoms with E-state index in [1.54, 1.807) is 7.11 Å². The van der Waals surface area contributed by atoms with E-state index in [1.165, 1.54) is 15.9 Å². The van der Waals surface area contributed by atoms with Gasteiger partial charge in [-0.25, -0.2) is 0 Å². The fourth-order valence-electron chi connectivity index (χ4n) is 2.48. The Kier molecular flexibility index (Phi) is 4.10. The average Bonchev–Trinajstić information content (AvgIpc) is 3.16. The van der Waals surface area contributed by atoms with E-state index >= 15 is 0 Å². The maximum absolute atomic E-state index is 12.6. The first-order valence-electron chi connectivity index (χ1n) is 7.46. The van der Waals surface area contributed by atoms with Crippen LogP contribution in [0.1, 0.15) is 5.56 Å². The van der Waals surface area contributed by atoms with Gasteiger partial charge in [0, 0.05) is 15.6 Å². The molecule has 2 heterocycles. The number of thiazole rings is 1. The first kappa shape index (κ1) is 16.0. The predicted molar refractivity (Wildman–Crippen MR) is 102 cm³/mol. The molecule has 0 aliphatic rings. The fraction of sp³-hybridized carbons (Fsp3) is 0.0556. The topological polar surface area (TPSA) is 56.5 Å². The van der Waals surface area contributed by atoms with Crippen molar-refractivity contribution in [3.8, 4) is 17.1 Å². The zero-order valence-electron chi connectivity index (χ0n) is 13.1. The Labute approximate surface area is 155 Å². The molecule has 5 nitrogen and oxygen atoms in total. The molecule has 2 aromatic heterocycles. The van der Waals surface area contributed by atoms with Crippen LogP contribution in [0.5, 0.6) is 5.75 Å². The van der Waals surface area contributed by atoms with Gasteiger partial charge in [0.1, 0.15) is 5.75 Å². The number of fused-ring (bicyclic) bond motifs is 1. The highest BCUT2D eigenvalue weighted by atomic mass is 79.9. The molecular formula is C18H12BrN3O2S. The number of hydrogen-bond donors (Lipinski definition) is 0. The maximum Gasteiger partial charge on any atom is 0.291 e. The third-order valence-corrected chi connectivity index (χ3v) is 5.20. The fourth-order valence-corrected chi connectivity index (χ4v) is 3.64. The average molecular weight is 414 g/mol. The molecule has 2 aromatic carbocycles. The quantitative estimate of drug-likeness (QED) is 0.517. The summed E-state index contributed by atoms with van der Waals surface area (Å²) in [5.41, 5.74) is 1.54. The molecule has 0 N–H and O–H groups in total. The summed E-state index contributed by atoms with van der Waals surface area (Å²) in [5, 5.41) is 4.35. The van der Waals surface area contributed by atoms with E-state index < -0.39 is 0 Å². The van der Waals surface area contributed by atoms with E-state index in [2.05, 4.69) is 26.0 Å². The molecule has 0 spiro atoms. The molecule has 0 bridgehead atoms. The second kappa shape index (κ2) is 6.42. The van der Waals surface area contributed by atoms with Crippen molar-refractivity contribution in [3.05, 3.63) is 73.5 Å². The molecule has 0 fully saturated rings. The molecular weight excluding hydrogens is 402 g/mol. The number of halogens is 1. The minimum Gasteiger partial charge on any atom is -0.496 e. The molecule has 0 saturated carbocycles. The minimum absolute atomic E-state index is 0.179. The van der Waals surface area contributed by atoms with Crippen molar-refractivity contribution < 1.29 is 4.74 Å². The molecule has 25 heavy (non-hydrogen) atoms. The molecule has 0 aliphatic carbocycles. The van der Waals surface area contributed by atoms with E-state index in [4.69, 9.17) is 4.74 Å². The van der Waals surface area contributed by atoms with Crippen LogP contribution in [-0.2, 0) is 0 Å². The largest absolute Gasteiger partial charge is 0.496 e. The number of aromatic nitrogens is 3. The van der Waals surface area contributed by atoms with Gasteiger partial charge in [-0.3, -0.25) is 4.79 Å². The number of para-hydroxylation sites is 1. The first-order valence-corrected chi connectivity index (χ1v) is 9.07. The normalized spacial score (nSPS) is 12.0. The van der Waals surface area contributed by atoms with Gasteiger partial charge in [-0.2, -0.15) is 9.50 Å². The van der Waals surface area contributed by atoms with Gasteiger partial charge in [0.15, 0.2) is 5.82 Å². The van der Waals surface area contributed by atoms with Gasteiger partial charge in [-0.05, 0) is 24.3 Å². The number of benzene rings is 2. The van der Waals surface area contributed by atoms with Crippen molar-refractivity contribution in [2.75, 3.05) is 7.11 Å². The molecule has 0 aliphatic heterocycles. The van der Waals surface area contributed by atoms with Gasteiger partial charge in [0.2, 0.25) is 4.96 Å². The van der Waals surface area contributed by atoms with Crippen molar-refractivity contribution in [1.29, 1.82) is 0 Å². The van der Waals surface area contributed by atoms with Crippen LogP contribution in [0.25, 0.3) is 22.4 Å². The summed E-state index contributed by atoms with van der Waals surface area (Å²) in [7, 11) is 1.61.